The van der Waals surface area contributed by atoms with Gasteiger partial charge in [-0.25, -0.2) is 4.98 Å². The number of aromatic nitrogens is 2. The van der Waals surface area contributed by atoms with E-state index in [1.54, 1.807) is 26.0 Å². The Labute approximate surface area is 168 Å². The second-order valence-corrected chi connectivity index (χ2v) is 7.12. The highest BCUT2D eigenvalue weighted by Crippen LogP contribution is 2.33. The van der Waals surface area contributed by atoms with Crippen molar-refractivity contribution in [1.82, 2.24) is 14.5 Å². The molecule has 1 aromatic heterocycles. The highest BCUT2D eigenvalue weighted by molar-refractivity contribution is 5.80. The van der Waals surface area contributed by atoms with Crippen molar-refractivity contribution in [2.24, 2.45) is 0 Å². The van der Waals surface area contributed by atoms with E-state index in [0.29, 0.717) is 41.3 Å². The molecule has 0 fully saturated rings. The monoisotopic (exact) mass is 393 g/mol. The van der Waals surface area contributed by atoms with Gasteiger partial charge in [0.1, 0.15) is 12.2 Å². The molecule has 7 heteroatoms. The number of methoxy groups -OCH3 is 2. The maximum absolute atomic E-state index is 13.1. The minimum absolute atomic E-state index is 0.00860. The van der Waals surface area contributed by atoms with Crippen molar-refractivity contribution in [2.75, 3.05) is 20.8 Å². The fourth-order valence-electron chi connectivity index (χ4n) is 3.81. The van der Waals surface area contributed by atoms with Crippen LogP contribution in [0.3, 0.4) is 0 Å². The maximum Gasteiger partial charge on any atom is 0.272 e. The molecule has 0 spiro atoms. The Hall–Kier alpha value is -3.35. The normalized spacial score (nSPS) is 13.3. The second-order valence-electron chi connectivity index (χ2n) is 7.12. The van der Waals surface area contributed by atoms with Crippen LogP contribution in [0.4, 0.5) is 0 Å². The summed E-state index contributed by atoms with van der Waals surface area (Å²) < 4.78 is 12.3. The van der Waals surface area contributed by atoms with E-state index in [9.17, 15) is 9.59 Å². The first-order valence-corrected chi connectivity index (χ1v) is 9.49. The van der Waals surface area contributed by atoms with E-state index in [1.165, 1.54) is 4.57 Å². The van der Waals surface area contributed by atoms with E-state index in [1.807, 2.05) is 36.4 Å². The Bertz CT molecular complexity index is 1150. The first kappa shape index (κ1) is 19.0. The van der Waals surface area contributed by atoms with Crippen LogP contribution >= 0.6 is 0 Å². The predicted octanol–water partition coefficient (Wildman–Crippen LogP) is 2.31. The van der Waals surface area contributed by atoms with Crippen molar-refractivity contribution in [1.29, 1.82) is 0 Å². The number of carbonyl (C=O) groups is 1. The average molecular weight is 393 g/mol. The number of amides is 1. The molecule has 2 heterocycles. The van der Waals surface area contributed by atoms with Crippen LogP contribution in [0, 0.1) is 6.92 Å². The molecule has 1 aliphatic rings. The number of benzene rings is 2. The quantitative estimate of drug-likeness (QED) is 0.680. The molecule has 7 nitrogen and oxygen atoms in total. The minimum atomic E-state index is -0.235. The summed E-state index contributed by atoms with van der Waals surface area (Å²) in [4.78, 5) is 31.8. The fraction of sp³-hybridized carbons (Fsp3) is 0.318. The van der Waals surface area contributed by atoms with Gasteiger partial charge >= 0.3 is 0 Å². The Morgan fingerprint density at radius 2 is 1.79 bits per heavy atom. The largest absolute Gasteiger partial charge is 0.493 e. The molecule has 4 rings (SSSR count). The molecule has 3 aromatic rings. The van der Waals surface area contributed by atoms with Gasteiger partial charge in [0.05, 0.1) is 25.3 Å². The lowest BCUT2D eigenvalue weighted by Crippen LogP contribution is -2.40. The number of rotatable bonds is 4. The van der Waals surface area contributed by atoms with E-state index in [0.717, 1.165) is 17.5 Å². The third kappa shape index (κ3) is 3.44. The van der Waals surface area contributed by atoms with Crippen molar-refractivity contribution in [3.8, 4) is 11.5 Å². The van der Waals surface area contributed by atoms with Crippen LogP contribution in [0.1, 0.15) is 16.8 Å². The van der Waals surface area contributed by atoms with Gasteiger partial charge in [-0.1, -0.05) is 12.1 Å². The summed E-state index contributed by atoms with van der Waals surface area (Å²) in [6.07, 6.45) is 0.729. The number of hydrogen-bond acceptors (Lipinski definition) is 5. The molecule has 0 bridgehead atoms. The third-order valence-electron chi connectivity index (χ3n) is 5.38. The van der Waals surface area contributed by atoms with Gasteiger partial charge in [0, 0.05) is 13.1 Å². The lowest BCUT2D eigenvalue weighted by molar-refractivity contribution is -0.132. The highest BCUT2D eigenvalue weighted by atomic mass is 16.5. The first-order valence-electron chi connectivity index (χ1n) is 9.49. The summed E-state index contributed by atoms with van der Waals surface area (Å²) in [5, 5.41) is 0. The SMILES string of the molecule is COc1cc2c(cc1OC)CN(C(=O)Cn1c(=O)c(C)nc3ccccc31)CC2. The van der Waals surface area contributed by atoms with Gasteiger partial charge in [-0.05, 0) is 48.7 Å². The number of hydrogen-bond donors (Lipinski definition) is 0. The zero-order valence-corrected chi connectivity index (χ0v) is 16.8. The van der Waals surface area contributed by atoms with Crippen LogP contribution in [-0.2, 0) is 24.3 Å². The van der Waals surface area contributed by atoms with Gasteiger partial charge in [0.2, 0.25) is 5.91 Å². The summed E-state index contributed by atoms with van der Waals surface area (Å²) in [6.45, 7) is 2.74. The maximum atomic E-state index is 13.1. The number of fused-ring (bicyclic) bond motifs is 2. The van der Waals surface area contributed by atoms with Crippen molar-refractivity contribution < 1.29 is 14.3 Å². The molecule has 0 atom stereocenters. The Kier molecular flexibility index (Phi) is 4.96. The summed E-state index contributed by atoms with van der Waals surface area (Å²) in [5.41, 5.74) is 3.70. The first-order chi connectivity index (χ1) is 14.0. The third-order valence-corrected chi connectivity index (χ3v) is 5.38. The van der Waals surface area contributed by atoms with Gasteiger partial charge in [-0.3, -0.25) is 14.2 Å². The van der Waals surface area contributed by atoms with Gasteiger partial charge in [-0.15, -0.1) is 0 Å². The lowest BCUT2D eigenvalue weighted by atomic mass is 9.98. The molecule has 150 valence electrons. The molecule has 0 radical (unpaired) electrons. The summed E-state index contributed by atoms with van der Waals surface area (Å²) in [7, 11) is 3.21. The van der Waals surface area contributed by atoms with E-state index in [4.69, 9.17) is 9.47 Å². The molecule has 0 aliphatic carbocycles. The Balaban J connectivity index is 1.62. The van der Waals surface area contributed by atoms with E-state index in [-0.39, 0.29) is 18.0 Å². The Morgan fingerprint density at radius 3 is 2.52 bits per heavy atom. The predicted molar refractivity (Wildman–Crippen MR) is 109 cm³/mol. The zero-order chi connectivity index (χ0) is 20.5. The van der Waals surface area contributed by atoms with Gasteiger partial charge in [-0.2, -0.15) is 0 Å². The van der Waals surface area contributed by atoms with Crippen LogP contribution in [0.25, 0.3) is 11.0 Å². The van der Waals surface area contributed by atoms with Gasteiger partial charge in [0.25, 0.3) is 5.56 Å². The van der Waals surface area contributed by atoms with Crippen LogP contribution in [-0.4, -0.2) is 41.1 Å². The average Bonchev–Trinajstić information content (AvgIpc) is 2.75. The van der Waals surface area contributed by atoms with Crippen LogP contribution in [0.15, 0.2) is 41.2 Å². The smallest absolute Gasteiger partial charge is 0.272 e. The summed E-state index contributed by atoms with van der Waals surface area (Å²) in [6, 6.07) is 11.3. The number of carbonyl (C=O) groups excluding carboxylic acids is 1. The van der Waals surface area contributed by atoms with Crippen molar-refractivity contribution >= 4 is 16.9 Å². The lowest BCUT2D eigenvalue weighted by Gasteiger charge is -2.30. The fourth-order valence-corrected chi connectivity index (χ4v) is 3.81. The molecule has 0 saturated heterocycles. The molecule has 0 N–H and O–H groups in total. The van der Waals surface area contributed by atoms with Gasteiger partial charge in [0.15, 0.2) is 11.5 Å². The van der Waals surface area contributed by atoms with Gasteiger partial charge < -0.3 is 14.4 Å². The molecule has 2 aromatic carbocycles. The molecular weight excluding hydrogens is 370 g/mol. The van der Waals surface area contributed by atoms with Crippen LogP contribution in [0.5, 0.6) is 11.5 Å². The van der Waals surface area contributed by atoms with Crippen molar-refractivity contribution in [3.63, 3.8) is 0 Å². The minimum Gasteiger partial charge on any atom is -0.493 e. The van der Waals surface area contributed by atoms with Crippen LogP contribution in [0.2, 0.25) is 0 Å². The second kappa shape index (κ2) is 7.58. The van der Waals surface area contributed by atoms with E-state index in [2.05, 4.69) is 4.98 Å². The molecule has 1 amide bonds. The molecular formula is C22H23N3O4. The van der Waals surface area contributed by atoms with Crippen LogP contribution < -0.4 is 15.0 Å². The number of para-hydroxylation sites is 2. The number of ether oxygens (including phenoxy) is 2. The van der Waals surface area contributed by atoms with E-state index < -0.39 is 0 Å². The Morgan fingerprint density at radius 1 is 1.10 bits per heavy atom. The standard InChI is InChI=1S/C22H23N3O4/c1-14-22(27)25(18-7-5-4-6-17(18)23-14)13-21(26)24-9-8-15-10-19(28-2)20(29-3)11-16(15)12-24/h4-7,10-11H,8-9,12-13H2,1-3H3. The zero-order valence-electron chi connectivity index (χ0n) is 16.8. The topological polar surface area (TPSA) is 73.7 Å². The van der Waals surface area contributed by atoms with Crippen molar-refractivity contribution in [2.45, 2.75) is 26.4 Å². The number of aryl methyl sites for hydroxylation is 1. The molecule has 1 aliphatic heterocycles. The molecule has 0 saturated carbocycles. The summed E-state index contributed by atoms with van der Waals surface area (Å²) >= 11 is 0. The van der Waals surface area contributed by atoms with Crippen molar-refractivity contribution in [3.05, 3.63) is 63.6 Å². The highest BCUT2D eigenvalue weighted by Gasteiger charge is 2.24. The van der Waals surface area contributed by atoms with E-state index >= 15 is 0 Å². The molecule has 29 heavy (non-hydrogen) atoms. The molecule has 0 unspecified atom stereocenters. The summed E-state index contributed by atoms with van der Waals surface area (Å²) in [5.74, 6) is 1.24. The number of nitrogens with zero attached hydrogens (tertiary/aromatic N) is 3.